The van der Waals surface area contributed by atoms with Crippen LogP contribution < -0.4 is 10.1 Å². The van der Waals surface area contributed by atoms with Crippen molar-refractivity contribution in [3.05, 3.63) is 64.3 Å². The lowest BCUT2D eigenvalue weighted by Crippen LogP contribution is -2.22. The Morgan fingerprint density at radius 2 is 1.89 bits per heavy atom. The minimum Gasteiger partial charge on any atom is -0.388 e. The number of sulfone groups is 1. The normalized spacial score (nSPS) is 16.1. The number of hydrogen-bond donors (Lipinski definition) is 1. The van der Waals surface area contributed by atoms with Crippen LogP contribution in [-0.2, 0) is 34.1 Å². The summed E-state index contributed by atoms with van der Waals surface area (Å²) in [6.07, 6.45) is -1.45. The molecule has 0 fully saturated rings. The number of ether oxygens (including phenoxy) is 1. The number of aromatic nitrogens is 2. The fraction of sp³-hybridized carbons (Fsp3) is 0.348. The number of nitrogens with one attached hydrogen (secondary N) is 1. The van der Waals surface area contributed by atoms with Gasteiger partial charge in [0.25, 0.3) is 0 Å². The van der Waals surface area contributed by atoms with Gasteiger partial charge in [-0.2, -0.15) is 0 Å². The van der Waals surface area contributed by atoms with Crippen molar-refractivity contribution in [2.75, 3.05) is 11.6 Å². The van der Waals surface area contributed by atoms with Gasteiger partial charge in [0.15, 0.2) is 15.0 Å². The highest BCUT2D eigenvalue weighted by Crippen LogP contribution is 2.41. The SMILES string of the molecule is CC[C@@H]1c2nc(NC(=O)Cc3ccc(S(C)(=O)=O)cc3)sc2CN1Cc1ccc(OC(F)(F)F)nc1. The molecule has 1 aromatic carbocycles. The zero-order valence-electron chi connectivity index (χ0n) is 19.4. The minimum absolute atomic E-state index is 0.00320. The van der Waals surface area contributed by atoms with E-state index in [-0.39, 0.29) is 23.3 Å². The summed E-state index contributed by atoms with van der Waals surface area (Å²) >= 11 is 1.38. The molecule has 3 aromatic rings. The van der Waals surface area contributed by atoms with E-state index in [1.165, 1.54) is 35.7 Å². The van der Waals surface area contributed by atoms with Crippen LogP contribution in [0, 0.1) is 0 Å². The molecule has 1 aliphatic rings. The van der Waals surface area contributed by atoms with Gasteiger partial charge < -0.3 is 10.1 Å². The second kappa shape index (κ2) is 10.1. The number of pyridine rings is 1. The van der Waals surface area contributed by atoms with Crippen molar-refractivity contribution in [1.29, 1.82) is 0 Å². The number of thiazole rings is 1. The van der Waals surface area contributed by atoms with Gasteiger partial charge in [0.2, 0.25) is 11.8 Å². The van der Waals surface area contributed by atoms with Crippen LogP contribution in [0.2, 0.25) is 0 Å². The summed E-state index contributed by atoms with van der Waals surface area (Å²) in [4.78, 5) is 24.2. The number of alkyl halides is 3. The smallest absolute Gasteiger partial charge is 0.388 e. The van der Waals surface area contributed by atoms with Gasteiger partial charge in [-0.05, 0) is 29.7 Å². The fourth-order valence-electron chi connectivity index (χ4n) is 4.00. The fourth-order valence-corrected chi connectivity index (χ4v) is 5.69. The van der Waals surface area contributed by atoms with E-state index in [1.54, 1.807) is 18.2 Å². The molecular formula is C23H23F3N4O4S2. The van der Waals surface area contributed by atoms with Crippen molar-refractivity contribution in [2.24, 2.45) is 0 Å². The molecule has 0 spiro atoms. The highest BCUT2D eigenvalue weighted by molar-refractivity contribution is 7.90. The quantitative estimate of drug-likeness (QED) is 0.449. The van der Waals surface area contributed by atoms with E-state index in [0.717, 1.165) is 28.8 Å². The molecule has 36 heavy (non-hydrogen) atoms. The maximum Gasteiger partial charge on any atom is 0.574 e. The Hall–Kier alpha value is -3.03. The highest BCUT2D eigenvalue weighted by Gasteiger charge is 2.34. The topological polar surface area (TPSA) is 101 Å². The van der Waals surface area contributed by atoms with E-state index in [9.17, 15) is 26.4 Å². The van der Waals surface area contributed by atoms with Crippen molar-refractivity contribution in [3.8, 4) is 5.88 Å². The first-order chi connectivity index (χ1) is 16.9. The second-order valence-electron chi connectivity index (χ2n) is 8.35. The molecule has 0 unspecified atom stereocenters. The molecule has 1 N–H and O–H groups in total. The lowest BCUT2D eigenvalue weighted by Gasteiger charge is -2.23. The summed E-state index contributed by atoms with van der Waals surface area (Å²) in [6, 6.07) is 8.91. The molecule has 0 bridgehead atoms. The molecule has 0 saturated heterocycles. The first kappa shape index (κ1) is 26.0. The lowest BCUT2D eigenvalue weighted by atomic mass is 10.1. The average molecular weight is 541 g/mol. The number of benzene rings is 1. The van der Waals surface area contributed by atoms with Crippen LogP contribution in [0.25, 0.3) is 0 Å². The Morgan fingerprint density at radius 3 is 2.47 bits per heavy atom. The molecule has 0 radical (unpaired) electrons. The van der Waals surface area contributed by atoms with Crippen molar-refractivity contribution < 1.29 is 31.1 Å². The standard InChI is InChI=1S/C23H23F3N4O4S2/c1-3-17-21-18(13-30(17)12-15-6-9-20(27-11-15)34-23(24,25)26)35-22(29-21)28-19(31)10-14-4-7-16(8-5-14)36(2,32)33/h4-9,11,17H,3,10,12-13H2,1-2H3,(H,28,29,31)/t17-/m1/s1. The van der Waals surface area contributed by atoms with E-state index in [1.807, 2.05) is 6.92 Å². The number of halogens is 3. The number of fused-ring (bicyclic) bond motifs is 1. The van der Waals surface area contributed by atoms with E-state index in [4.69, 9.17) is 0 Å². The van der Waals surface area contributed by atoms with E-state index >= 15 is 0 Å². The van der Waals surface area contributed by atoms with Crippen molar-refractivity contribution >= 4 is 32.2 Å². The first-order valence-corrected chi connectivity index (χ1v) is 13.6. The Kier molecular flexibility index (Phi) is 7.34. The van der Waals surface area contributed by atoms with Crippen LogP contribution in [-0.4, -0.2) is 41.8 Å². The molecule has 1 atom stereocenters. The molecule has 8 nitrogen and oxygen atoms in total. The van der Waals surface area contributed by atoms with Crippen LogP contribution in [0.4, 0.5) is 18.3 Å². The highest BCUT2D eigenvalue weighted by atomic mass is 32.2. The average Bonchev–Trinajstić information content (AvgIpc) is 3.30. The van der Waals surface area contributed by atoms with Gasteiger partial charge in [0, 0.05) is 36.5 Å². The third-order valence-corrected chi connectivity index (χ3v) is 7.68. The van der Waals surface area contributed by atoms with Crippen LogP contribution in [0.15, 0.2) is 47.5 Å². The number of hydrogen-bond acceptors (Lipinski definition) is 8. The Bertz CT molecular complexity index is 1340. The van der Waals surface area contributed by atoms with Crippen molar-refractivity contribution in [2.45, 2.75) is 50.2 Å². The molecule has 4 rings (SSSR count). The predicted octanol–water partition coefficient (Wildman–Crippen LogP) is 4.49. The monoisotopic (exact) mass is 540 g/mol. The number of amides is 1. The number of anilines is 1. The summed E-state index contributed by atoms with van der Waals surface area (Å²) in [7, 11) is -3.30. The zero-order valence-corrected chi connectivity index (χ0v) is 21.0. The van der Waals surface area contributed by atoms with Gasteiger partial charge in [-0.1, -0.05) is 25.1 Å². The number of carbonyl (C=O) groups excluding carboxylic acids is 1. The van der Waals surface area contributed by atoms with Crippen LogP contribution in [0.3, 0.4) is 0 Å². The van der Waals surface area contributed by atoms with Gasteiger partial charge in [0.1, 0.15) is 0 Å². The third kappa shape index (κ3) is 6.39. The third-order valence-electron chi connectivity index (χ3n) is 5.58. The number of nitrogens with zero attached hydrogens (tertiary/aromatic N) is 3. The maximum atomic E-state index is 12.5. The van der Waals surface area contributed by atoms with Gasteiger partial charge in [-0.3, -0.25) is 9.69 Å². The van der Waals surface area contributed by atoms with E-state index < -0.39 is 22.1 Å². The summed E-state index contributed by atoms with van der Waals surface area (Å²) in [6.45, 7) is 3.09. The first-order valence-electron chi connectivity index (χ1n) is 10.9. The van der Waals surface area contributed by atoms with Gasteiger partial charge >= 0.3 is 6.36 Å². The molecule has 3 heterocycles. The predicted molar refractivity (Wildman–Crippen MR) is 127 cm³/mol. The summed E-state index contributed by atoms with van der Waals surface area (Å²) in [5.41, 5.74) is 2.30. The van der Waals surface area contributed by atoms with Crippen molar-refractivity contribution in [3.63, 3.8) is 0 Å². The molecule has 192 valence electrons. The molecule has 1 aliphatic heterocycles. The Balaban J connectivity index is 1.36. The Labute approximate surface area is 210 Å². The molecule has 0 aliphatic carbocycles. The van der Waals surface area contributed by atoms with Crippen LogP contribution >= 0.6 is 11.3 Å². The summed E-state index contributed by atoms with van der Waals surface area (Å²) < 4.78 is 64.0. The maximum absolute atomic E-state index is 12.5. The van der Waals surface area contributed by atoms with Gasteiger partial charge in [-0.15, -0.1) is 24.5 Å². The van der Waals surface area contributed by atoms with Gasteiger partial charge in [0.05, 0.1) is 23.1 Å². The van der Waals surface area contributed by atoms with Crippen LogP contribution in [0.1, 0.15) is 41.1 Å². The lowest BCUT2D eigenvalue weighted by molar-refractivity contribution is -0.276. The summed E-state index contributed by atoms with van der Waals surface area (Å²) in [5.74, 6) is -0.765. The molecular weight excluding hydrogens is 517 g/mol. The molecule has 2 aromatic heterocycles. The second-order valence-corrected chi connectivity index (χ2v) is 11.4. The number of carbonyl (C=O) groups is 1. The summed E-state index contributed by atoms with van der Waals surface area (Å²) in [5, 5.41) is 3.31. The molecule has 1 amide bonds. The van der Waals surface area contributed by atoms with Crippen molar-refractivity contribution in [1.82, 2.24) is 14.9 Å². The largest absolute Gasteiger partial charge is 0.574 e. The van der Waals surface area contributed by atoms with Gasteiger partial charge in [-0.25, -0.2) is 18.4 Å². The number of rotatable bonds is 8. The Morgan fingerprint density at radius 1 is 1.19 bits per heavy atom. The van der Waals surface area contributed by atoms with E-state index in [0.29, 0.717) is 23.8 Å². The van der Waals surface area contributed by atoms with Crippen LogP contribution in [0.5, 0.6) is 5.88 Å². The molecule has 13 heteroatoms. The molecule has 0 saturated carbocycles. The van der Waals surface area contributed by atoms with E-state index in [2.05, 4.69) is 24.9 Å². The minimum atomic E-state index is -4.79. The zero-order chi connectivity index (χ0) is 26.1.